The Morgan fingerprint density at radius 1 is 1.13 bits per heavy atom. The van der Waals surface area contributed by atoms with Crippen LogP contribution in [0.15, 0.2) is 23.1 Å². The van der Waals surface area contributed by atoms with Crippen LogP contribution in [-0.4, -0.2) is 61.1 Å². The number of hydrogen-bond acceptors (Lipinski definition) is 4. The van der Waals surface area contributed by atoms with Crippen molar-refractivity contribution < 1.29 is 22.3 Å². The standard InChI is InChI=1S/C15H20F2N2O3S/c16-13-4-3-12(9-14(13)17)23(21,22)19-8-5-15(20,11-19)10-18-6-1-2-7-18/h3-4,9,20H,1-2,5-8,10-11H2/t15-/m0/s1. The maximum absolute atomic E-state index is 13.3. The minimum Gasteiger partial charge on any atom is -0.387 e. The molecular formula is C15H20F2N2O3S. The van der Waals surface area contributed by atoms with Crippen molar-refractivity contribution >= 4 is 10.0 Å². The van der Waals surface area contributed by atoms with E-state index in [0.29, 0.717) is 19.0 Å². The van der Waals surface area contributed by atoms with Crippen molar-refractivity contribution in [1.29, 1.82) is 0 Å². The number of nitrogens with zero attached hydrogens (tertiary/aromatic N) is 2. The molecule has 128 valence electrons. The molecule has 5 nitrogen and oxygen atoms in total. The zero-order valence-electron chi connectivity index (χ0n) is 12.7. The van der Waals surface area contributed by atoms with Crippen LogP contribution in [-0.2, 0) is 10.0 Å². The third kappa shape index (κ3) is 3.40. The highest BCUT2D eigenvalue weighted by Gasteiger charge is 2.43. The first-order valence-electron chi connectivity index (χ1n) is 7.70. The van der Waals surface area contributed by atoms with Gasteiger partial charge in [-0.3, -0.25) is 0 Å². The van der Waals surface area contributed by atoms with Crippen LogP contribution in [0.5, 0.6) is 0 Å². The zero-order chi connectivity index (χ0) is 16.7. The number of benzene rings is 1. The highest BCUT2D eigenvalue weighted by atomic mass is 32.2. The Kier molecular flexibility index (Phi) is 4.43. The monoisotopic (exact) mass is 346 g/mol. The maximum atomic E-state index is 13.3. The lowest BCUT2D eigenvalue weighted by molar-refractivity contribution is 0.0232. The molecule has 0 bridgehead atoms. The predicted molar refractivity (Wildman–Crippen MR) is 80.4 cm³/mol. The van der Waals surface area contributed by atoms with E-state index < -0.39 is 27.3 Å². The second-order valence-electron chi connectivity index (χ2n) is 6.37. The molecule has 2 heterocycles. The van der Waals surface area contributed by atoms with Gasteiger partial charge in [0.15, 0.2) is 11.6 Å². The minimum absolute atomic E-state index is 0.0230. The van der Waals surface area contributed by atoms with E-state index in [2.05, 4.69) is 4.90 Å². The van der Waals surface area contributed by atoms with Crippen LogP contribution in [0.2, 0.25) is 0 Å². The number of hydrogen-bond donors (Lipinski definition) is 1. The molecule has 0 unspecified atom stereocenters. The molecule has 0 amide bonds. The first-order chi connectivity index (χ1) is 10.8. The number of aliphatic hydroxyl groups is 1. The first kappa shape index (κ1) is 16.8. The molecule has 0 saturated carbocycles. The van der Waals surface area contributed by atoms with Gasteiger partial charge in [0.2, 0.25) is 10.0 Å². The van der Waals surface area contributed by atoms with Crippen molar-refractivity contribution in [2.45, 2.75) is 29.8 Å². The normalized spacial score (nSPS) is 26.9. The summed E-state index contributed by atoms with van der Waals surface area (Å²) in [4.78, 5) is 1.84. The van der Waals surface area contributed by atoms with Gasteiger partial charge in [-0.2, -0.15) is 4.31 Å². The van der Waals surface area contributed by atoms with E-state index >= 15 is 0 Å². The van der Waals surface area contributed by atoms with Gasteiger partial charge in [-0.1, -0.05) is 0 Å². The molecular weight excluding hydrogens is 326 g/mol. The van der Waals surface area contributed by atoms with E-state index in [4.69, 9.17) is 0 Å². The first-order valence-corrected chi connectivity index (χ1v) is 9.14. The molecule has 1 atom stereocenters. The Balaban J connectivity index is 1.75. The Hall–Kier alpha value is -1.09. The summed E-state index contributed by atoms with van der Waals surface area (Å²) in [5, 5.41) is 10.6. The van der Waals surface area contributed by atoms with Crippen molar-refractivity contribution in [2.24, 2.45) is 0 Å². The molecule has 1 aromatic rings. The number of halogens is 2. The molecule has 2 fully saturated rings. The lowest BCUT2D eigenvalue weighted by Gasteiger charge is -2.28. The lowest BCUT2D eigenvalue weighted by Crippen LogP contribution is -2.45. The highest BCUT2D eigenvalue weighted by molar-refractivity contribution is 7.89. The number of likely N-dealkylation sites (tertiary alicyclic amines) is 1. The molecule has 0 aliphatic carbocycles. The Morgan fingerprint density at radius 2 is 1.83 bits per heavy atom. The van der Waals surface area contributed by atoms with Crippen LogP contribution in [0, 0.1) is 11.6 Å². The fourth-order valence-electron chi connectivity index (χ4n) is 3.30. The summed E-state index contributed by atoms with van der Waals surface area (Å²) in [5.41, 5.74) is -1.09. The van der Waals surface area contributed by atoms with Crippen molar-refractivity contribution in [3.8, 4) is 0 Å². The quantitative estimate of drug-likeness (QED) is 0.890. The second kappa shape index (κ2) is 6.08. The molecule has 2 aliphatic rings. The summed E-state index contributed by atoms with van der Waals surface area (Å²) in [5.74, 6) is -2.28. The van der Waals surface area contributed by atoms with Crippen molar-refractivity contribution in [2.75, 3.05) is 32.7 Å². The zero-order valence-corrected chi connectivity index (χ0v) is 13.5. The third-order valence-electron chi connectivity index (χ3n) is 4.54. The average Bonchev–Trinajstić information content (AvgIpc) is 3.12. The molecule has 1 aromatic carbocycles. The van der Waals surface area contributed by atoms with Gasteiger partial charge in [0, 0.05) is 19.6 Å². The maximum Gasteiger partial charge on any atom is 0.243 e. The molecule has 0 spiro atoms. The lowest BCUT2D eigenvalue weighted by atomic mass is 10.0. The van der Waals surface area contributed by atoms with Crippen LogP contribution in [0.25, 0.3) is 0 Å². The second-order valence-corrected chi connectivity index (χ2v) is 8.31. The fourth-order valence-corrected chi connectivity index (χ4v) is 4.83. The largest absolute Gasteiger partial charge is 0.387 e. The summed E-state index contributed by atoms with van der Waals surface area (Å²) in [7, 11) is -3.93. The van der Waals surface area contributed by atoms with Crippen molar-refractivity contribution in [1.82, 2.24) is 9.21 Å². The van der Waals surface area contributed by atoms with E-state index in [1.807, 2.05) is 0 Å². The van der Waals surface area contributed by atoms with Crippen LogP contribution in [0.4, 0.5) is 8.78 Å². The van der Waals surface area contributed by atoms with E-state index in [0.717, 1.165) is 42.4 Å². The number of rotatable bonds is 4. The summed E-state index contributed by atoms with van der Waals surface area (Å²) in [6, 6.07) is 2.53. The van der Waals surface area contributed by atoms with Crippen LogP contribution in [0.1, 0.15) is 19.3 Å². The summed E-state index contributed by atoms with van der Waals surface area (Å²) in [6.45, 7) is 2.42. The molecule has 23 heavy (non-hydrogen) atoms. The fraction of sp³-hybridized carbons (Fsp3) is 0.600. The van der Waals surface area contributed by atoms with Gasteiger partial charge in [0.1, 0.15) is 0 Å². The van der Waals surface area contributed by atoms with Gasteiger partial charge in [-0.05, 0) is 50.6 Å². The van der Waals surface area contributed by atoms with Gasteiger partial charge in [-0.25, -0.2) is 17.2 Å². The van der Waals surface area contributed by atoms with Gasteiger partial charge in [0.05, 0.1) is 10.5 Å². The smallest absolute Gasteiger partial charge is 0.243 e. The molecule has 2 aliphatic heterocycles. The minimum atomic E-state index is -3.93. The van der Waals surface area contributed by atoms with E-state index in [9.17, 15) is 22.3 Å². The van der Waals surface area contributed by atoms with Gasteiger partial charge in [-0.15, -0.1) is 0 Å². The molecule has 1 N–H and O–H groups in total. The Labute approximate surface area is 134 Å². The van der Waals surface area contributed by atoms with E-state index in [1.165, 1.54) is 0 Å². The van der Waals surface area contributed by atoms with Crippen molar-refractivity contribution in [3.63, 3.8) is 0 Å². The average molecular weight is 346 g/mol. The van der Waals surface area contributed by atoms with Crippen LogP contribution >= 0.6 is 0 Å². The summed E-state index contributed by atoms with van der Waals surface area (Å²) >= 11 is 0. The van der Waals surface area contributed by atoms with Crippen LogP contribution < -0.4 is 0 Å². The molecule has 0 radical (unpaired) electrons. The van der Waals surface area contributed by atoms with Gasteiger partial charge >= 0.3 is 0 Å². The predicted octanol–water partition coefficient (Wildman–Crippen LogP) is 1.19. The Bertz CT molecular complexity index is 692. The summed E-state index contributed by atoms with van der Waals surface area (Å²) < 4.78 is 52.5. The van der Waals surface area contributed by atoms with E-state index in [-0.39, 0.29) is 18.0 Å². The van der Waals surface area contributed by atoms with E-state index in [1.54, 1.807) is 0 Å². The SMILES string of the molecule is O=S(=O)(c1ccc(F)c(F)c1)N1CC[C@](O)(CN2CCCC2)C1. The third-order valence-corrected chi connectivity index (χ3v) is 6.38. The van der Waals surface area contributed by atoms with Gasteiger partial charge < -0.3 is 10.0 Å². The number of sulfonamides is 1. The highest BCUT2D eigenvalue weighted by Crippen LogP contribution is 2.29. The molecule has 8 heteroatoms. The van der Waals surface area contributed by atoms with Crippen molar-refractivity contribution in [3.05, 3.63) is 29.8 Å². The summed E-state index contributed by atoms with van der Waals surface area (Å²) in [6.07, 6.45) is 2.52. The topological polar surface area (TPSA) is 60.9 Å². The van der Waals surface area contributed by atoms with Gasteiger partial charge in [0.25, 0.3) is 0 Å². The Morgan fingerprint density at radius 3 is 2.48 bits per heavy atom. The number of β-amino-alcohol motifs (C(OH)–C–C–N with tert-alkyl or cyclic N) is 1. The molecule has 0 aromatic heterocycles. The molecule has 2 saturated heterocycles. The van der Waals surface area contributed by atoms with Crippen LogP contribution in [0.3, 0.4) is 0 Å². The molecule has 3 rings (SSSR count).